The number of aromatic nitrogens is 1. The van der Waals surface area contributed by atoms with E-state index in [0.717, 1.165) is 25.9 Å². The average molecular weight is 259 g/mol. The molecular formula is C16H25N3. The lowest BCUT2D eigenvalue weighted by Gasteiger charge is -2.35. The Morgan fingerprint density at radius 1 is 1.26 bits per heavy atom. The van der Waals surface area contributed by atoms with Crippen LogP contribution in [0.1, 0.15) is 25.8 Å². The minimum atomic E-state index is 0.168. The number of hydrogen-bond acceptors (Lipinski definition) is 2. The highest BCUT2D eigenvalue weighted by atomic mass is 15.2. The molecule has 3 heteroatoms. The van der Waals surface area contributed by atoms with Crippen LogP contribution < -0.4 is 5.73 Å². The number of nitrogens with one attached hydrogen (secondary N) is 1. The average Bonchev–Trinajstić information content (AvgIpc) is 2.79. The number of H-pyrrole nitrogens is 1. The molecule has 1 aromatic heterocycles. The van der Waals surface area contributed by atoms with Gasteiger partial charge in [0.05, 0.1) is 0 Å². The smallest absolute Gasteiger partial charge is 0.0456 e. The van der Waals surface area contributed by atoms with Gasteiger partial charge in [0.15, 0.2) is 0 Å². The molecule has 0 spiro atoms. The summed E-state index contributed by atoms with van der Waals surface area (Å²) in [4.78, 5) is 5.74. The summed E-state index contributed by atoms with van der Waals surface area (Å²) < 4.78 is 0. The molecule has 0 bridgehead atoms. The first-order valence-corrected chi connectivity index (χ1v) is 7.01. The molecule has 0 aliphatic heterocycles. The van der Waals surface area contributed by atoms with Crippen LogP contribution in [-0.4, -0.2) is 35.6 Å². The van der Waals surface area contributed by atoms with Gasteiger partial charge in [-0.25, -0.2) is 0 Å². The van der Waals surface area contributed by atoms with E-state index in [0.29, 0.717) is 0 Å². The number of aromatic amines is 1. The Bertz CT molecular complexity index is 528. The molecule has 0 atom stereocenters. The van der Waals surface area contributed by atoms with E-state index < -0.39 is 0 Å². The van der Waals surface area contributed by atoms with Gasteiger partial charge in [-0.05, 0) is 51.9 Å². The lowest BCUT2D eigenvalue weighted by molar-refractivity contribution is 0.150. The Morgan fingerprint density at radius 2 is 2.00 bits per heavy atom. The minimum absolute atomic E-state index is 0.168. The SMILES string of the molecule is CN(CCc1c[nH]c2ccccc12)C(C)(C)CCN. The van der Waals surface area contributed by atoms with Gasteiger partial charge in [-0.3, -0.25) is 0 Å². The number of likely N-dealkylation sites (N-methyl/N-ethyl adjacent to an activating group) is 1. The fourth-order valence-corrected chi connectivity index (χ4v) is 2.47. The second-order valence-electron chi connectivity index (χ2n) is 5.88. The van der Waals surface area contributed by atoms with Crippen LogP contribution in [0.3, 0.4) is 0 Å². The highest BCUT2D eigenvalue weighted by Crippen LogP contribution is 2.20. The van der Waals surface area contributed by atoms with Crippen molar-refractivity contribution in [1.29, 1.82) is 0 Å². The van der Waals surface area contributed by atoms with Crippen LogP contribution in [0.4, 0.5) is 0 Å². The van der Waals surface area contributed by atoms with E-state index in [4.69, 9.17) is 5.73 Å². The molecule has 0 saturated carbocycles. The molecular weight excluding hydrogens is 234 g/mol. The number of nitrogens with zero attached hydrogens (tertiary/aromatic N) is 1. The van der Waals surface area contributed by atoms with Gasteiger partial charge < -0.3 is 15.6 Å². The van der Waals surface area contributed by atoms with Gasteiger partial charge in [0, 0.05) is 29.2 Å². The third-order valence-corrected chi connectivity index (χ3v) is 4.18. The van der Waals surface area contributed by atoms with E-state index in [1.54, 1.807) is 0 Å². The van der Waals surface area contributed by atoms with Crippen LogP contribution in [0, 0.1) is 0 Å². The maximum Gasteiger partial charge on any atom is 0.0456 e. The van der Waals surface area contributed by atoms with Crippen molar-refractivity contribution in [3.63, 3.8) is 0 Å². The molecule has 0 saturated heterocycles. The van der Waals surface area contributed by atoms with Gasteiger partial charge in [-0.2, -0.15) is 0 Å². The van der Waals surface area contributed by atoms with Crippen LogP contribution in [0.2, 0.25) is 0 Å². The molecule has 3 nitrogen and oxygen atoms in total. The van der Waals surface area contributed by atoms with Crippen LogP contribution >= 0.6 is 0 Å². The summed E-state index contributed by atoms with van der Waals surface area (Å²) in [5.74, 6) is 0. The van der Waals surface area contributed by atoms with Crippen molar-refractivity contribution in [2.24, 2.45) is 5.73 Å². The number of para-hydroxylation sites is 1. The maximum absolute atomic E-state index is 5.69. The lowest BCUT2D eigenvalue weighted by atomic mass is 9.98. The number of nitrogens with two attached hydrogens (primary N) is 1. The van der Waals surface area contributed by atoms with E-state index >= 15 is 0 Å². The maximum atomic E-state index is 5.69. The molecule has 19 heavy (non-hydrogen) atoms. The summed E-state index contributed by atoms with van der Waals surface area (Å²) in [7, 11) is 2.19. The number of hydrogen-bond donors (Lipinski definition) is 2. The summed E-state index contributed by atoms with van der Waals surface area (Å²) >= 11 is 0. The highest BCUT2D eigenvalue weighted by Gasteiger charge is 2.22. The van der Waals surface area contributed by atoms with Crippen molar-refractivity contribution in [3.8, 4) is 0 Å². The van der Waals surface area contributed by atoms with Crippen LogP contribution in [0.15, 0.2) is 30.5 Å². The second kappa shape index (κ2) is 5.76. The van der Waals surface area contributed by atoms with E-state index in [2.05, 4.69) is 61.2 Å². The zero-order valence-corrected chi connectivity index (χ0v) is 12.2. The molecule has 3 N–H and O–H groups in total. The molecule has 1 aromatic carbocycles. The second-order valence-corrected chi connectivity index (χ2v) is 5.88. The Labute approximate surface area is 115 Å². The van der Waals surface area contributed by atoms with Gasteiger partial charge in [-0.1, -0.05) is 18.2 Å². The molecule has 0 aliphatic carbocycles. The zero-order chi connectivity index (χ0) is 13.9. The molecule has 0 amide bonds. The third kappa shape index (κ3) is 3.17. The van der Waals surface area contributed by atoms with Crippen molar-refractivity contribution in [2.45, 2.75) is 32.2 Å². The molecule has 0 fully saturated rings. The van der Waals surface area contributed by atoms with Crippen LogP contribution in [0.25, 0.3) is 10.9 Å². The van der Waals surface area contributed by atoms with Crippen molar-refractivity contribution in [1.82, 2.24) is 9.88 Å². The lowest BCUT2D eigenvalue weighted by Crippen LogP contribution is -2.43. The molecule has 104 valence electrons. The number of fused-ring (bicyclic) bond motifs is 1. The zero-order valence-electron chi connectivity index (χ0n) is 12.2. The van der Waals surface area contributed by atoms with Gasteiger partial charge >= 0.3 is 0 Å². The van der Waals surface area contributed by atoms with E-state index in [9.17, 15) is 0 Å². The summed E-state index contributed by atoms with van der Waals surface area (Å²) in [5.41, 5.74) is 8.47. The Kier molecular flexibility index (Phi) is 4.27. The van der Waals surface area contributed by atoms with E-state index in [1.165, 1.54) is 16.5 Å². The van der Waals surface area contributed by atoms with Gasteiger partial charge in [-0.15, -0.1) is 0 Å². The van der Waals surface area contributed by atoms with Crippen molar-refractivity contribution < 1.29 is 0 Å². The van der Waals surface area contributed by atoms with E-state index in [-0.39, 0.29) is 5.54 Å². The first-order valence-electron chi connectivity index (χ1n) is 7.01. The Morgan fingerprint density at radius 3 is 2.74 bits per heavy atom. The van der Waals surface area contributed by atoms with Crippen molar-refractivity contribution >= 4 is 10.9 Å². The fourth-order valence-electron chi connectivity index (χ4n) is 2.47. The number of rotatable bonds is 6. The monoisotopic (exact) mass is 259 g/mol. The Hall–Kier alpha value is -1.32. The minimum Gasteiger partial charge on any atom is -0.361 e. The van der Waals surface area contributed by atoms with Crippen molar-refractivity contribution in [3.05, 3.63) is 36.0 Å². The van der Waals surface area contributed by atoms with Gasteiger partial charge in [0.25, 0.3) is 0 Å². The Balaban J connectivity index is 2.02. The van der Waals surface area contributed by atoms with Crippen molar-refractivity contribution in [2.75, 3.05) is 20.1 Å². The highest BCUT2D eigenvalue weighted by molar-refractivity contribution is 5.83. The largest absolute Gasteiger partial charge is 0.361 e. The molecule has 2 rings (SSSR count). The number of benzene rings is 1. The predicted molar refractivity (Wildman–Crippen MR) is 82.4 cm³/mol. The summed E-state index contributed by atoms with van der Waals surface area (Å²) in [6.45, 7) is 6.31. The molecule has 0 aliphatic rings. The predicted octanol–water partition coefficient (Wildman–Crippen LogP) is 2.77. The fraction of sp³-hybridized carbons (Fsp3) is 0.500. The summed E-state index contributed by atoms with van der Waals surface area (Å²) in [6.07, 6.45) is 4.22. The molecule has 0 unspecified atom stereocenters. The van der Waals surface area contributed by atoms with Crippen LogP contribution in [0.5, 0.6) is 0 Å². The quantitative estimate of drug-likeness (QED) is 0.838. The normalized spacial score (nSPS) is 12.5. The van der Waals surface area contributed by atoms with Crippen LogP contribution in [-0.2, 0) is 6.42 Å². The first kappa shape index (κ1) is 14.1. The topological polar surface area (TPSA) is 45.0 Å². The van der Waals surface area contributed by atoms with E-state index in [1.807, 2.05) is 0 Å². The molecule has 2 aromatic rings. The van der Waals surface area contributed by atoms with Gasteiger partial charge in [0.2, 0.25) is 0 Å². The molecule has 1 heterocycles. The summed E-state index contributed by atoms with van der Waals surface area (Å²) in [6, 6.07) is 8.48. The van der Waals surface area contributed by atoms with Gasteiger partial charge in [0.1, 0.15) is 0 Å². The first-order chi connectivity index (χ1) is 9.04. The molecule has 0 radical (unpaired) electrons. The summed E-state index contributed by atoms with van der Waals surface area (Å²) in [5, 5.41) is 1.34. The standard InChI is InChI=1S/C16H25N3/c1-16(2,9-10-17)19(3)11-8-13-12-18-15-7-5-4-6-14(13)15/h4-7,12,18H,8-11,17H2,1-3H3. The third-order valence-electron chi connectivity index (χ3n) is 4.18.